The molecule has 0 bridgehead atoms. The van der Waals surface area contributed by atoms with Gasteiger partial charge in [-0.25, -0.2) is 0 Å². The van der Waals surface area contributed by atoms with Gasteiger partial charge in [0.15, 0.2) is 5.11 Å². The second-order valence-corrected chi connectivity index (χ2v) is 9.39. The van der Waals surface area contributed by atoms with Gasteiger partial charge in [0.2, 0.25) is 0 Å². The molecule has 3 aromatic rings. The fraction of sp³-hybridized carbons (Fsp3) is 0.333. The highest BCUT2D eigenvalue weighted by molar-refractivity contribution is 7.80. The molecule has 2 aromatic carbocycles. The van der Waals surface area contributed by atoms with Crippen LogP contribution in [-0.2, 0) is 11.3 Å². The third-order valence-corrected chi connectivity index (χ3v) is 6.91. The first-order chi connectivity index (χ1) is 16.7. The summed E-state index contributed by atoms with van der Waals surface area (Å²) in [5.74, 6) is -0.175. The Bertz CT molecular complexity index is 1190. The topological polar surface area (TPSA) is 52.5 Å². The molecule has 2 aliphatic heterocycles. The van der Waals surface area contributed by atoms with Gasteiger partial charge in [-0.2, -0.15) is 0 Å². The van der Waals surface area contributed by atoms with Crippen LogP contribution in [0.4, 0.5) is 5.69 Å². The van der Waals surface area contributed by atoms with Gasteiger partial charge >= 0.3 is 0 Å². The number of rotatable bonds is 8. The number of hydrogen-bond donors (Lipinski definition) is 2. The lowest BCUT2D eigenvalue weighted by molar-refractivity contribution is -0.115. The number of amides is 1. The normalized spacial score (nSPS) is 18.0. The van der Waals surface area contributed by atoms with Crippen LogP contribution in [0.1, 0.15) is 24.8 Å². The van der Waals surface area contributed by atoms with Crippen LogP contribution in [0, 0.1) is 0 Å². The molecule has 2 aliphatic rings. The van der Waals surface area contributed by atoms with E-state index in [4.69, 9.17) is 12.2 Å². The molecule has 0 aliphatic carbocycles. The molecular weight excluding hydrogens is 442 g/mol. The quantitative estimate of drug-likeness (QED) is 0.295. The molecule has 176 valence electrons. The van der Waals surface area contributed by atoms with Crippen molar-refractivity contribution in [3.8, 4) is 0 Å². The van der Waals surface area contributed by atoms with Crippen molar-refractivity contribution in [1.82, 2.24) is 20.1 Å². The molecule has 0 atom stereocenters. The molecule has 0 spiro atoms. The van der Waals surface area contributed by atoms with E-state index in [0.717, 1.165) is 50.1 Å². The molecule has 1 aromatic heterocycles. The molecule has 0 radical (unpaired) electrons. The number of aryl methyl sites for hydroxylation is 1. The average molecular weight is 474 g/mol. The summed E-state index contributed by atoms with van der Waals surface area (Å²) in [7, 11) is 0. The highest BCUT2D eigenvalue weighted by atomic mass is 32.1. The second-order valence-electron chi connectivity index (χ2n) is 8.99. The van der Waals surface area contributed by atoms with Crippen molar-refractivity contribution >= 4 is 45.9 Å². The lowest BCUT2D eigenvalue weighted by atomic mass is 10.1. The van der Waals surface area contributed by atoms with Crippen molar-refractivity contribution in [2.45, 2.75) is 25.8 Å². The zero-order chi connectivity index (χ0) is 23.3. The van der Waals surface area contributed by atoms with Crippen molar-refractivity contribution in [1.29, 1.82) is 0 Å². The lowest BCUT2D eigenvalue weighted by Gasteiger charge is -2.36. The Balaban J connectivity index is 1.11. The Hall–Kier alpha value is -3.16. The van der Waals surface area contributed by atoms with E-state index in [0.29, 0.717) is 10.8 Å². The van der Waals surface area contributed by atoms with Gasteiger partial charge in [-0.3, -0.25) is 15.0 Å². The number of unbranched alkanes of at least 4 members (excludes halogenated alkanes) is 2. The number of benzene rings is 2. The number of fused-ring (bicyclic) bond motifs is 1. The largest absolute Gasteiger partial charge is 0.369 e. The number of para-hydroxylation sites is 2. The van der Waals surface area contributed by atoms with Crippen molar-refractivity contribution in [2.75, 3.05) is 37.6 Å². The first-order valence-corrected chi connectivity index (χ1v) is 12.5. The molecule has 6 nitrogen and oxygen atoms in total. The maximum atomic E-state index is 12.1. The molecule has 2 N–H and O–H groups in total. The first kappa shape index (κ1) is 22.6. The number of carbonyl (C=O) groups excluding carboxylic acids is 1. The molecule has 7 heteroatoms. The zero-order valence-electron chi connectivity index (χ0n) is 19.4. The molecular formula is C27H31N5OS. The minimum Gasteiger partial charge on any atom is -0.369 e. The van der Waals surface area contributed by atoms with E-state index >= 15 is 0 Å². The zero-order valence-corrected chi connectivity index (χ0v) is 20.2. The number of nitrogens with zero attached hydrogens (tertiary/aromatic N) is 3. The Kier molecular flexibility index (Phi) is 6.92. The highest BCUT2D eigenvalue weighted by Gasteiger charge is 2.21. The van der Waals surface area contributed by atoms with Crippen LogP contribution in [-0.4, -0.2) is 53.2 Å². The Morgan fingerprint density at radius 1 is 0.853 bits per heavy atom. The van der Waals surface area contributed by atoms with Crippen LogP contribution in [0.15, 0.2) is 66.5 Å². The summed E-state index contributed by atoms with van der Waals surface area (Å²) in [4.78, 5) is 17.1. The molecule has 0 saturated carbocycles. The van der Waals surface area contributed by atoms with E-state index in [1.807, 2.05) is 12.1 Å². The minimum absolute atomic E-state index is 0.175. The Labute approximate surface area is 206 Å². The summed E-state index contributed by atoms with van der Waals surface area (Å²) in [5, 5.41) is 7.09. The van der Waals surface area contributed by atoms with Gasteiger partial charge in [0.25, 0.3) is 5.91 Å². The lowest BCUT2D eigenvalue weighted by Crippen LogP contribution is -2.46. The molecule has 5 rings (SSSR count). The monoisotopic (exact) mass is 473 g/mol. The predicted molar refractivity (Wildman–Crippen MR) is 143 cm³/mol. The van der Waals surface area contributed by atoms with Gasteiger partial charge in [-0.05, 0) is 55.9 Å². The van der Waals surface area contributed by atoms with E-state index in [1.165, 1.54) is 30.6 Å². The Morgan fingerprint density at radius 3 is 2.35 bits per heavy atom. The summed E-state index contributed by atoms with van der Waals surface area (Å²) in [6.45, 7) is 6.64. The predicted octanol–water partition coefficient (Wildman–Crippen LogP) is 3.98. The number of nitrogens with one attached hydrogen (secondary N) is 2. The highest BCUT2D eigenvalue weighted by Crippen LogP contribution is 2.24. The van der Waals surface area contributed by atoms with Crippen LogP contribution < -0.4 is 15.5 Å². The maximum absolute atomic E-state index is 12.1. The smallest absolute Gasteiger partial charge is 0.273 e. The van der Waals surface area contributed by atoms with Crippen LogP contribution >= 0.6 is 12.2 Å². The molecule has 0 unspecified atom stereocenters. The van der Waals surface area contributed by atoms with Crippen LogP contribution in [0.3, 0.4) is 0 Å². The van der Waals surface area contributed by atoms with Gasteiger partial charge in [0, 0.05) is 61.1 Å². The maximum Gasteiger partial charge on any atom is 0.273 e. The average Bonchev–Trinajstić information content (AvgIpc) is 3.38. The Morgan fingerprint density at radius 2 is 1.59 bits per heavy atom. The summed E-state index contributed by atoms with van der Waals surface area (Å²) >= 11 is 5.05. The molecule has 34 heavy (non-hydrogen) atoms. The summed E-state index contributed by atoms with van der Waals surface area (Å²) < 4.78 is 2.31. The SMILES string of the molecule is O=C1NC(=S)N/C1=C\c1cn(CCCCCN2CCN(c3ccccc3)CC2)c2ccccc12. The van der Waals surface area contributed by atoms with Crippen molar-refractivity contribution in [3.63, 3.8) is 0 Å². The standard InChI is InChI=1S/C27H31N5OS/c33-26-24(28-27(34)29-26)19-21-20-32(25-12-6-5-11-23(21)25)14-8-2-7-13-30-15-17-31(18-16-30)22-9-3-1-4-10-22/h1,3-6,9-12,19-20H,2,7-8,13-18H2,(H2,28,29,33,34)/b24-19-. The first-order valence-electron chi connectivity index (χ1n) is 12.1. The molecule has 1 amide bonds. The van der Waals surface area contributed by atoms with E-state index in [2.05, 4.69) is 79.7 Å². The van der Waals surface area contributed by atoms with Crippen LogP contribution in [0.5, 0.6) is 0 Å². The summed E-state index contributed by atoms with van der Waals surface area (Å²) in [5.41, 5.74) is 4.07. The van der Waals surface area contributed by atoms with E-state index < -0.39 is 0 Å². The van der Waals surface area contributed by atoms with E-state index in [-0.39, 0.29) is 5.91 Å². The third kappa shape index (κ3) is 5.16. The van der Waals surface area contributed by atoms with Crippen molar-refractivity contribution in [3.05, 3.63) is 72.1 Å². The number of hydrogen-bond acceptors (Lipinski definition) is 4. The number of aromatic nitrogens is 1. The summed E-state index contributed by atoms with van der Waals surface area (Å²) in [6.07, 6.45) is 7.61. The fourth-order valence-corrected chi connectivity index (χ4v) is 5.08. The van der Waals surface area contributed by atoms with E-state index in [1.54, 1.807) is 0 Å². The third-order valence-electron chi connectivity index (χ3n) is 6.71. The number of carbonyl (C=O) groups is 1. The number of piperazine rings is 1. The molecule has 2 saturated heterocycles. The molecule has 2 fully saturated rings. The van der Waals surface area contributed by atoms with Gasteiger partial charge < -0.3 is 14.8 Å². The van der Waals surface area contributed by atoms with Crippen LogP contribution in [0.25, 0.3) is 17.0 Å². The fourth-order valence-electron chi connectivity index (χ4n) is 4.88. The van der Waals surface area contributed by atoms with Gasteiger partial charge in [-0.1, -0.05) is 42.8 Å². The summed E-state index contributed by atoms with van der Waals surface area (Å²) in [6, 6.07) is 19.1. The molecule has 3 heterocycles. The van der Waals surface area contributed by atoms with E-state index in [9.17, 15) is 4.79 Å². The van der Waals surface area contributed by atoms with Gasteiger partial charge in [0.05, 0.1) is 0 Å². The number of anilines is 1. The van der Waals surface area contributed by atoms with Crippen LogP contribution in [0.2, 0.25) is 0 Å². The van der Waals surface area contributed by atoms with Gasteiger partial charge in [0.1, 0.15) is 5.70 Å². The second kappa shape index (κ2) is 10.4. The minimum atomic E-state index is -0.175. The van der Waals surface area contributed by atoms with Crippen molar-refractivity contribution < 1.29 is 4.79 Å². The number of thiocarbonyl (C=S) groups is 1. The van der Waals surface area contributed by atoms with Crippen molar-refractivity contribution in [2.24, 2.45) is 0 Å². The van der Waals surface area contributed by atoms with Gasteiger partial charge in [-0.15, -0.1) is 0 Å².